The highest BCUT2D eigenvalue weighted by Gasteiger charge is 2.27. The van der Waals surface area contributed by atoms with Crippen LogP contribution in [0.3, 0.4) is 0 Å². The van der Waals surface area contributed by atoms with Crippen molar-refractivity contribution in [3.63, 3.8) is 0 Å². The number of carbonyl (C=O) groups is 2. The molecule has 1 atom stereocenters. The Morgan fingerprint density at radius 2 is 1.76 bits per heavy atom. The Labute approximate surface area is 114 Å². The van der Waals surface area contributed by atoms with Crippen LogP contribution in [-0.4, -0.2) is 17.0 Å². The highest BCUT2D eigenvalue weighted by molar-refractivity contribution is 5.92. The molecule has 1 aromatic rings. The number of benzene rings is 1. The van der Waals surface area contributed by atoms with Crippen molar-refractivity contribution in [1.82, 2.24) is 0 Å². The van der Waals surface area contributed by atoms with E-state index in [2.05, 4.69) is 11.3 Å². The van der Waals surface area contributed by atoms with Crippen molar-refractivity contribution in [3.05, 3.63) is 47.1 Å². The molecule has 4 nitrogen and oxygen atoms in total. The van der Waals surface area contributed by atoms with Crippen molar-refractivity contribution >= 4 is 11.9 Å². The van der Waals surface area contributed by atoms with E-state index >= 15 is 0 Å². The number of carboxylic acids is 1. The zero-order valence-electron chi connectivity index (χ0n) is 10.1. The Morgan fingerprint density at radius 1 is 1.19 bits per heavy atom. The average molecular weight is 310 g/mol. The summed E-state index contributed by atoms with van der Waals surface area (Å²) in [6, 6.07) is -0.0222. The van der Waals surface area contributed by atoms with Gasteiger partial charge in [0.1, 0.15) is 0 Å². The molecule has 0 radical (unpaired) electrons. The fourth-order valence-corrected chi connectivity index (χ4v) is 1.25. The largest absolute Gasteiger partial charge is 0.481 e. The van der Waals surface area contributed by atoms with E-state index in [1.165, 1.54) is 0 Å². The summed E-state index contributed by atoms with van der Waals surface area (Å²) in [5, 5.41) is 8.37. The third-order valence-electron chi connectivity index (χ3n) is 2.24. The molecule has 0 amide bonds. The lowest BCUT2D eigenvalue weighted by Gasteiger charge is -2.12. The lowest BCUT2D eigenvalue weighted by atomic mass is 10.2. The molecule has 0 heterocycles. The van der Waals surface area contributed by atoms with Crippen LogP contribution in [-0.2, 0) is 14.3 Å². The minimum atomic E-state index is -2.97. The zero-order chi connectivity index (χ0) is 16.3. The van der Waals surface area contributed by atoms with E-state index in [1.807, 2.05) is 0 Å². The minimum Gasteiger partial charge on any atom is -0.481 e. The lowest BCUT2D eigenvalue weighted by molar-refractivity contribution is -0.155. The van der Waals surface area contributed by atoms with Gasteiger partial charge in [-0.25, -0.2) is 22.4 Å². The standard InChI is InChI=1S/C12H7F5O4/c1-4(2-7(18)19)12(20)21-11(17)5-3-6(13)9(15)10(16)8(5)14/h3,11H,1-2H2,(H,18,19). The number of carbonyl (C=O) groups excluding carboxylic acids is 1. The van der Waals surface area contributed by atoms with E-state index in [1.54, 1.807) is 0 Å². The predicted molar refractivity (Wildman–Crippen MR) is 57.6 cm³/mol. The molecule has 1 rings (SSSR count). The molecule has 0 spiro atoms. The molecule has 0 aromatic heterocycles. The van der Waals surface area contributed by atoms with Gasteiger partial charge in [0.05, 0.1) is 12.0 Å². The smallest absolute Gasteiger partial charge is 0.336 e. The molecule has 0 aliphatic rings. The maximum absolute atomic E-state index is 13.5. The van der Waals surface area contributed by atoms with Gasteiger partial charge in [0.2, 0.25) is 0 Å². The second kappa shape index (κ2) is 6.33. The maximum atomic E-state index is 13.5. The minimum absolute atomic E-state index is 0.0222. The van der Waals surface area contributed by atoms with E-state index in [0.29, 0.717) is 0 Å². The molecule has 0 aliphatic carbocycles. The van der Waals surface area contributed by atoms with Crippen LogP contribution in [0.2, 0.25) is 0 Å². The maximum Gasteiger partial charge on any atom is 0.336 e. The number of esters is 1. The van der Waals surface area contributed by atoms with Gasteiger partial charge in [0.25, 0.3) is 6.36 Å². The summed E-state index contributed by atoms with van der Waals surface area (Å²) in [4.78, 5) is 21.5. The van der Waals surface area contributed by atoms with Gasteiger partial charge in [-0.3, -0.25) is 4.79 Å². The molecule has 0 bridgehead atoms. The van der Waals surface area contributed by atoms with E-state index in [0.717, 1.165) is 0 Å². The van der Waals surface area contributed by atoms with Crippen LogP contribution in [0.25, 0.3) is 0 Å². The number of ether oxygens (including phenoxy) is 1. The van der Waals surface area contributed by atoms with Crippen LogP contribution in [0.4, 0.5) is 22.0 Å². The molecular weight excluding hydrogens is 303 g/mol. The quantitative estimate of drug-likeness (QED) is 0.299. The normalized spacial score (nSPS) is 11.9. The number of hydrogen-bond donors (Lipinski definition) is 1. The predicted octanol–water partition coefficient (Wildman–Crippen LogP) is 2.79. The third kappa shape index (κ3) is 3.77. The van der Waals surface area contributed by atoms with Crippen molar-refractivity contribution in [2.24, 2.45) is 0 Å². The van der Waals surface area contributed by atoms with Crippen molar-refractivity contribution < 1.29 is 41.4 Å². The molecule has 1 aromatic carbocycles. The Morgan fingerprint density at radius 3 is 2.29 bits per heavy atom. The second-order valence-electron chi connectivity index (χ2n) is 3.78. The van der Waals surface area contributed by atoms with Crippen molar-refractivity contribution in [2.75, 3.05) is 0 Å². The molecular formula is C12H7F5O4. The number of carboxylic acid groups (broad SMARTS) is 1. The summed E-state index contributed by atoms with van der Waals surface area (Å²) in [7, 11) is 0. The van der Waals surface area contributed by atoms with Gasteiger partial charge in [-0.2, -0.15) is 4.39 Å². The Balaban J connectivity index is 2.95. The van der Waals surface area contributed by atoms with Gasteiger partial charge >= 0.3 is 11.9 Å². The van der Waals surface area contributed by atoms with Crippen LogP contribution in [0.15, 0.2) is 18.2 Å². The van der Waals surface area contributed by atoms with Gasteiger partial charge in [-0.05, 0) is 6.07 Å². The fourth-order valence-electron chi connectivity index (χ4n) is 1.25. The summed E-state index contributed by atoms with van der Waals surface area (Å²) in [5.41, 5.74) is -2.06. The summed E-state index contributed by atoms with van der Waals surface area (Å²) in [5.74, 6) is -11.4. The first kappa shape index (κ1) is 16.6. The summed E-state index contributed by atoms with van der Waals surface area (Å²) < 4.78 is 69.1. The monoisotopic (exact) mass is 310 g/mol. The second-order valence-corrected chi connectivity index (χ2v) is 3.78. The molecule has 9 heteroatoms. The fraction of sp³-hybridized carbons (Fsp3) is 0.167. The van der Waals surface area contributed by atoms with Gasteiger partial charge in [0.15, 0.2) is 23.3 Å². The first-order chi connectivity index (χ1) is 9.65. The first-order valence-electron chi connectivity index (χ1n) is 5.22. The van der Waals surface area contributed by atoms with E-state index in [4.69, 9.17) is 5.11 Å². The van der Waals surface area contributed by atoms with Crippen LogP contribution in [0.1, 0.15) is 18.3 Å². The topological polar surface area (TPSA) is 63.6 Å². The molecule has 1 N–H and O–H groups in total. The summed E-state index contributed by atoms with van der Waals surface area (Å²) in [6.07, 6.45) is -3.84. The van der Waals surface area contributed by atoms with Crippen LogP contribution >= 0.6 is 0 Å². The number of alkyl halides is 1. The van der Waals surface area contributed by atoms with Gasteiger partial charge in [-0.1, -0.05) is 6.58 Å². The number of rotatable bonds is 5. The highest BCUT2D eigenvalue weighted by Crippen LogP contribution is 2.27. The first-order valence-corrected chi connectivity index (χ1v) is 5.22. The summed E-state index contributed by atoms with van der Waals surface area (Å²) in [6.45, 7) is 2.99. The number of halogens is 5. The number of aliphatic carboxylic acids is 1. The highest BCUT2D eigenvalue weighted by atomic mass is 19.2. The van der Waals surface area contributed by atoms with Crippen molar-refractivity contribution in [1.29, 1.82) is 0 Å². The Kier molecular flexibility index (Phi) is 5.01. The molecule has 0 saturated carbocycles. The van der Waals surface area contributed by atoms with Crippen molar-refractivity contribution in [3.8, 4) is 0 Å². The van der Waals surface area contributed by atoms with Crippen molar-refractivity contribution in [2.45, 2.75) is 12.8 Å². The van der Waals surface area contributed by atoms with Gasteiger partial charge < -0.3 is 9.84 Å². The average Bonchev–Trinajstić information content (AvgIpc) is 2.39. The van der Waals surface area contributed by atoms with E-state index in [9.17, 15) is 31.5 Å². The molecule has 0 fully saturated rings. The molecule has 114 valence electrons. The Bertz CT molecular complexity index is 614. The molecule has 21 heavy (non-hydrogen) atoms. The lowest BCUT2D eigenvalue weighted by Crippen LogP contribution is -2.14. The Hall–Kier alpha value is -2.45. The summed E-state index contributed by atoms with van der Waals surface area (Å²) >= 11 is 0. The molecule has 0 aliphatic heterocycles. The zero-order valence-corrected chi connectivity index (χ0v) is 10.1. The number of hydrogen-bond acceptors (Lipinski definition) is 3. The third-order valence-corrected chi connectivity index (χ3v) is 2.24. The molecule has 1 unspecified atom stereocenters. The molecule has 0 saturated heterocycles. The van der Waals surface area contributed by atoms with E-state index in [-0.39, 0.29) is 6.07 Å². The van der Waals surface area contributed by atoms with Crippen LogP contribution in [0.5, 0.6) is 0 Å². The van der Waals surface area contributed by atoms with E-state index < -0.39 is 59.1 Å². The van der Waals surface area contributed by atoms with Crippen LogP contribution < -0.4 is 0 Å². The van der Waals surface area contributed by atoms with Gasteiger partial charge in [0, 0.05) is 5.57 Å². The van der Waals surface area contributed by atoms with Gasteiger partial charge in [-0.15, -0.1) is 0 Å². The van der Waals surface area contributed by atoms with Crippen LogP contribution in [0, 0.1) is 23.3 Å². The SMILES string of the molecule is C=C(CC(=O)O)C(=O)OC(F)c1cc(F)c(F)c(F)c1F.